The summed E-state index contributed by atoms with van der Waals surface area (Å²) in [7, 11) is 0. The molecule has 2 aromatic rings. The number of anilines is 1. The van der Waals surface area contributed by atoms with Crippen LogP contribution in [0.25, 0.3) is 0 Å². The summed E-state index contributed by atoms with van der Waals surface area (Å²) in [4.78, 5) is 4.47. The van der Waals surface area contributed by atoms with E-state index in [-0.39, 0.29) is 5.82 Å². The summed E-state index contributed by atoms with van der Waals surface area (Å²) >= 11 is 0. The molecule has 2 heterocycles. The highest BCUT2D eigenvalue weighted by Crippen LogP contribution is 2.29. The van der Waals surface area contributed by atoms with Crippen molar-refractivity contribution in [3.05, 3.63) is 35.9 Å². The topological polar surface area (TPSA) is 50.1 Å². The number of aromatic nitrogens is 4. The van der Waals surface area contributed by atoms with Crippen LogP contribution in [-0.4, -0.2) is 51.3 Å². The Kier molecular flexibility index (Phi) is 4.42. The molecule has 2 fully saturated rings. The molecule has 1 aliphatic carbocycles. The number of nitrogens with zero attached hydrogens (tertiary/aromatic N) is 6. The lowest BCUT2D eigenvalue weighted by Gasteiger charge is -2.36. The predicted octanol–water partition coefficient (Wildman–Crippen LogP) is 2.25. The minimum Gasteiger partial charge on any atom is -0.367 e. The molecule has 7 heteroatoms. The fraction of sp³-hybridized carbons (Fsp3) is 0.588. The average Bonchev–Trinajstić information content (AvgIpc) is 3.27. The van der Waals surface area contributed by atoms with Gasteiger partial charge in [-0.05, 0) is 35.4 Å². The third-order valence-corrected chi connectivity index (χ3v) is 5.16. The Bertz CT molecular complexity index is 673. The molecule has 1 aromatic carbocycles. The van der Waals surface area contributed by atoms with Crippen molar-refractivity contribution < 1.29 is 4.39 Å². The van der Waals surface area contributed by atoms with Crippen LogP contribution in [0, 0.1) is 5.82 Å². The molecule has 128 valence electrons. The Morgan fingerprint density at radius 2 is 1.79 bits per heavy atom. The van der Waals surface area contributed by atoms with E-state index in [9.17, 15) is 4.39 Å². The summed E-state index contributed by atoms with van der Waals surface area (Å²) in [6.45, 7) is 4.21. The van der Waals surface area contributed by atoms with Gasteiger partial charge >= 0.3 is 0 Å². The van der Waals surface area contributed by atoms with Crippen LogP contribution < -0.4 is 4.90 Å². The summed E-state index contributed by atoms with van der Waals surface area (Å²) in [5.74, 6) is 0.817. The van der Waals surface area contributed by atoms with Gasteiger partial charge in [-0.25, -0.2) is 9.07 Å². The standard InChI is InChI=1S/C17H23FN6/c18-15-7-3-4-8-16(15)23-11-9-22(10-12-23)13-17-19-20-21-24(17)14-5-1-2-6-14/h3-4,7-8,14H,1-2,5-6,9-13H2. The van der Waals surface area contributed by atoms with Gasteiger partial charge in [0.25, 0.3) is 0 Å². The second-order valence-electron chi connectivity index (χ2n) is 6.69. The Morgan fingerprint density at radius 3 is 2.54 bits per heavy atom. The molecule has 0 radical (unpaired) electrons. The summed E-state index contributed by atoms with van der Waals surface area (Å²) in [6, 6.07) is 7.47. The fourth-order valence-electron chi connectivity index (χ4n) is 3.80. The van der Waals surface area contributed by atoms with Crippen molar-refractivity contribution in [1.29, 1.82) is 0 Å². The van der Waals surface area contributed by atoms with Crippen LogP contribution in [0.1, 0.15) is 37.5 Å². The van der Waals surface area contributed by atoms with Crippen LogP contribution in [0.15, 0.2) is 24.3 Å². The van der Waals surface area contributed by atoms with Gasteiger partial charge in [-0.2, -0.15) is 0 Å². The largest absolute Gasteiger partial charge is 0.367 e. The number of benzene rings is 1. The maximum absolute atomic E-state index is 13.9. The molecule has 2 aliphatic rings. The van der Waals surface area contributed by atoms with Crippen LogP contribution in [-0.2, 0) is 6.54 Å². The molecule has 1 saturated heterocycles. The molecule has 0 N–H and O–H groups in total. The first-order valence-electron chi connectivity index (χ1n) is 8.80. The number of hydrogen-bond donors (Lipinski definition) is 0. The zero-order chi connectivity index (χ0) is 16.4. The van der Waals surface area contributed by atoms with Crippen molar-refractivity contribution in [3.8, 4) is 0 Å². The third kappa shape index (κ3) is 3.13. The Balaban J connectivity index is 1.37. The van der Waals surface area contributed by atoms with E-state index in [2.05, 4.69) is 25.3 Å². The molecule has 1 aromatic heterocycles. The molecular weight excluding hydrogens is 307 g/mol. The first-order valence-corrected chi connectivity index (χ1v) is 8.80. The molecule has 1 saturated carbocycles. The first-order chi connectivity index (χ1) is 11.8. The van der Waals surface area contributed by atoms with Crippen molar-refractivity contribution in [2.75, 3.05) is 31.1 Å². The van der Waals surface area contributed by atoms with E-state index in [1.165, 1.54) is 31.7 Å². The number of tetrazole rings is 1. The number of para-hydroxylation sites is 1. The van der Waals surface area contributed by atoms with Crippen molar-refractivity contribution in [2.24, 2.45) is 0 Å². The van der Waals surface area contributed by atoms with E-state index in [0.29, 0.717) is 11.7 Å². The Hall–Kier alpha value is -2.02. The van der Waals surface area contributed by atoms with Gasteiger partial charge in [-0.1, -0.05) is 25.0 Å². The van der Waals surface area contributed by atoms with Crippen molar-refractivity contribution in [2.45, 2.75) is 38.3 Å². The van der Waals surface area contributed by atoms with Gasteiger partial charge in [-0.15, -0.1) is 5.10 Å². The highest BCUT2D eigenvalue weighted by molar-refractivity contribution is 5.47. The molecule has 0 unspecified atom stereocenters. The van der Waals surface area contributed by atoms with E-state index in [1.807, 2.05) is 16.8 Å². The maximum Gasteiger partial charge on any atom is 0.165 e. The Morgan fingerprint density at radius 1 is 1.04 bits per heavy atom. The summed E-state index contributed by atoms with van der Waals surface area (Å²) in [5.41, 5.74) is 0.702. The minimum atomic E-state index is -0.142. The van der Waals surface area contributed by atoms with E-state index in [0.717, 1.165) is 38.5 Å². The zero-order valence-electron chi connectivity index (χ0n) is 13.8. The predicted molar refractivity (Wildman–Crippen MR) is 89.2 cm³/mol. The summed E-state index contributed by atoms with van der Waals surface area (Å²) < 4.78 is 15.9. The molecule has 6 nitrogen and oxygen atoms in total. The molecule has 0 amide bonds. The van der Waals surface area contributed by atoms with Crippen molar-refractivity contribution >= 4 is 5.69 Å². The maximum atomic E-state index is 13.9. The third-order valence-electron chi connectivity index (χ3n) is 5.16. The second-order valence-corrected chi connectivity index (χ2v) is 6.69. The zero-order valence-corrected chi connectivity index (χ0v) is 13.8. The quantitative estimate of drug-likeness (QED) is 0.860. The highest BCUT2D eigenvalue weighted by Gasteiger charge is 2.24. The van der Waals surface area contributed by atoms with Crippen LogP contribution in [0.4, 0.5) is 10.1 Å². The van der Waals surface area contributed by atoms with E-state index >= 15 is 0 Å². The lowest BCUT2D eigenvalue weighted by molar-refractivity contribution is 0.235. The van der Waals surface area contributed by atoms with Gasteiger partial charge in [0.15, 0.2) is 5.82 Å². The Labute approximate surface area is 141 Å². The van der Waals surface area contributed by atoms with Gasteiger partial charge < -0.3 is 4.90 Å². The molecule has 0 atom stereocenters. The lowest BCUT2D eigenvalue weighted by Crippen LogP contribution is -2.46. The van der Waals surface area contributed by atoms with E-state index in [1.54, 1.807) is 6.07 Å². The minimum absolute atomic E-state index is 0.142. The number of hydrogen-bond acceptors (Lipinski definition) is 5. The van der Waals surface area contributed by atoms with Crippen LogP contribution in [0.2, 0.25) is 0 Å². The van der Waals surface area contributed by atoms with Crippen molar-refractivity contribution in [1.82, 2.24) is 25.1 Å². The molecule has 24 heavy (non-hydrogen) atoms. The van der Waals surface area contributed by atoms with E-state index < -0.39 is 0 Å². The number of piperazine rings is 1. The number of rotatable bonds is 4. The highest BCUT2D eigenvalue weighted by atomic mass is 19.1. The van der Waals surface area contributed by atoms with Gasteiger partial charge in [-0.3, -0.25) is 4.90 Å². The van der Waals surface area contributed by atoms with Gasteiger partial charge in [0.2, 0.25) is 0 Å². The van der Waals surface area contributed by atoms with Crippen LogP contribution in [0.5, 0.6) is 0 Å². The van der Waals surface area contributed by atoms with Crippen LogP contribution in [0.3, 0.4) is 0 Å². The van der Waals surface area contributed by atoms with E-state index in [4.69, 9.17) is 0 Å². The lowest BCUT2D eigenvalue weighted by atomic mass is 10.2. The summed E-state index contributed by atoms with van der Waals surface area (Å²) in [5, 5.41) is 12.3. The van der Waals surface area contributed by atoms with Gasteiger partial charge in [0.05, 0.1) is 18.3 Å². The van der Waals surface area contributed by atoms with Crippen LogP contribution >= 0.6 is 0 Å². The molecule has 1 aliphatic heterocycles. The van der Waals surface area contributed by atoms with Gasteiger partial charge in [0.1, 0.15) is 5.82 Å². The normalized spacial score (nSPS) is 20.0. The second kappa shape index (κ2) is 6.84. The van der Waals surface area contributed by atoms with Crippen molar-refractivity contribution in [3.63, 3.8) is 0 Å². The van der Waals surface area contributed by atoms with Gasteiger partial charge in [0, 0.05) is 26.2 Å². The fourth-order valence-corrected chi connectivity index (χ4v) is 3.80. The first kappa shape index (κ1) is 15.5. The molecule has 4 rings (SSSR count). The SMILES string of the molecule is Fc1ccccc1N1CCN(Cc2nnnn2C2CCCC2)CC1. The summed E-state index contributed by atoms with van der Waals surface area (Å²) in [6.07, 6.45) is 4.90. The molecular formula is C17H23FN6. The molecule has 0 spiro atoms. The molecule has 0 bridgehead atoms. The monoisotopic (exact) mass is 330 g/mol. The smallest absolute Gasteiger partial charge is 0.165 e. The average molecular weight is 330 g/mol. The number of halogens is 1.